The summed E-state index contributed by atoms with van der Waals surface area (Å²) in [6, 6.07) is 16.4. The third-order valence-corrected chi connectivity index (χ3v) is 8.48. The van der Waals surface area contributed by atoms with Crippen molar-refractivity contribution in [2.24, 2.45) is 0 Å². The van der Waals surface area contributed by atoms with E-state index in [0.717, 1.165) is 28.8 Å². The van der Waals surface area contributed by atoms with Crippen LogP contribution in [0.25, 0.3) is 0 Å². The predicted octanol–water partition coefficient (Wildman–Crippen LogP) is 3.68. The Balaban J connectivity index is 1.58. The molecule has 0 saturated carbocycles. The van der Waals surface area contributed by atoms with Gasteiger partial charge in [-0.05, 0) is 73.0 Å². The number of benzene rings is 3. The molecule has 1 N–H and O–H groups in total. The number of halogens is 1. The summed E-state index contributed by atoms with van der Waals surface area (Å²) in [6.07, 6.45) is 0.501. The highest BCUT2D eigenvalue weighted by atomic mass is 32.2. The number of nitrogens with zero attached hydrogens (tertiary/aromatic N) is 1. The SMILES string of the molecule is Cc1ccc(S(=O)(=O)Nc2ccc3c(c2)CN(S(=O)(=O)c2ccc(F)cc2)CC3)cc1. The Kier molecular flexibility index (Phi) is 5.59. The van der Waals surface area contributed by atoms with E-state index in [1.165, 1.54) is 28.6 Å². The summed E-state index contributed by atoms with van der Waals surface area (Å²) in [4.78, 5) is 0.171. The van der Waals surface area contributed by atoms with Crippen LogP contribution in [0.1, 0.15) is 16.7 Å². The molecule has 1 aliphatic rings. The molecule has 4 rings (SSSR count). The molecule has 31 heavy (non-hydrogen) atoms. The van der Waals surface area contributed by atoms with Crippen molar-refractivity contribution >= 4 is 25.7 Å². The van der Waals surface area contributed by atoms with Crippen molar-refractivity contribution in [2.45, 2.75) is 29.7 Å². The molecular weight excluding hydrogens is 439 g/mol. The van der Waals surface area contributed by atoms with Crippen LogP contribution in [0.4, 0.5) is 10.1 Å². The van der Waals surface area contributed by atoms with Crippen LogP contribution < -0.4 is 4.72 Å². The normalized spacial score (nSPS) is 14.8. The number of sulfonamides is 2. The minimum Gasteiger partial charge on any atom is -0.280 e. The number of hydrogen-bond donors (Lipinski definition) is 1. The number of hydrogen-bond acceptors (Lipinski definition) is 4. The minimum atomic E-state index is -3.79. The van der Waals surface area contributed by atoms with E-state index in [-0.39, 0.29) is 16.3 Å². The zero-order valence-corrected chi connectivity index (χ0v) is 18.4. The molecule has 0 spiro atoms. The zero-order valence-electron chi connectivity index (χ0n) is 16.7. The summed E-state index contributed by atoms with van der Waals surface area (Å²) in [5, 5.41) is 0. The number of rotatable bonds is 5. The number of aryl methyl sites for hydroxylation is 1. The molecule has 0 atom stereocenters. The van der Waals surface area contributed by atoms with E-state index in [9.17, 15) is 21.2 Å². The van der Waals surface area contributed by atoms with E-state index in [0.29, 0.717) is 18.7 Å². The van der Waals surface area contributed by atoms with Crippen LogP contribution in [0.5, 0.6) is 0 Å². The van der Waals surface area contributed by atoms with Crippen molar-refractivity contribution in [3.63, 3.8) is 0 Å². The van der Waals surface area contributed by atoms with Gasteiger partial charge in [-0.2, -0.15) is 4.31 Å². The summed E-state index contributed by atoms with van der Waals surface area (Å²) in [5.74, 6) is -0.506. The highest BCUT2D eigenvalue weighted by molar-refractivity contribution is 7.92. The van der Waals surface area contributed by atoms with Crippen molar-refractivity contribution in [3.8, 4) is 0 Å². The van der Waals surface area contributed by atoms with Crippen LogP contribution in [-0.4, -0.2) is 27.7 Å². The predicted molar refractivity (Wildman–Crippen MR) is 116 cm³/mol. The van der Waals surface area contributed by atoms with Gasteiger partial charge in [-0.3, -0.25) is 4.72 Å². The molecule has 1 aliphatic heterocycles. The Bertz CT molecular complexity index is 1320. The molecular formula is C22H21FN2O4S2. The molecule has 0 amide bonds. The molecule has 0 aromatic heterocycles. The molecule has 3 aromatic rings. The van der Waals surface area contributed by atoms with Crippen molar-refractivity contribution in [3.05, 3.63) is 89.2 Å². The topological polar surface area (TPSA) is 83.6 Å². The summed E-state index contributed by atoms with van der Waals surface area (Å²) in [7, 11) is -7.55. The van der Waals surface area contributed by atoms with E-state index in [2.05, 4.69) is 4.72 Å². The zero-order chi connectivity index (χ0) is 22.2. The monoisotopic (exact) mass is 460 g/mol. The number of anilines is 1. The molecule has 9 heteroatoms. The van der Waals surface area contributed by atoms with E-state index in [4.69, 9.17) is 0 Å². The number of nitrogens with one attached hydrogen (secondary N) is 1. The van der Waals surface area contributed by atoms with Gasteiger partial charge in [-0.15, -0.1) is 0 Å². The molecule has 162 valence electrons. The van der Waals surface area contributed by atoms with Crippen molar-refractivity contribution in [2.75, 3.05) is 11.3 Å². The Morgan fingerprint density at radius 3 is 2.16 bits per heavy atom. The third-order valence-electron chi connectivity index (χ3n) is 5.22. The number of fused-ring (bicyclic) bond motifs is 1. The molecule has 0 unspecified atom stereocenters. The maximum atomic E-state index is 13.2. The van der Waals surface area contributed by atoms with E-state index in [1.807, 2.05) is 13.0 Å². The molecule has 0 fully saturated rings. The van der Waals surface area contributed by atoms with Gasteiger partial charge in [0.25, 0.3) is 10.0 Å². The van der Waals surface area contributed by atoms with E-state index >= 15 is 0 Å². The van der Waals surface area contributed by atoms with Gasteiger partial charge in [0.1, 0.15) is 5.82 Å². The van der Waals surface area contributed by atoms with Gasteiger partial charge in [0.15, 0.2) is 0 Å². The largest absolute Gasteiger partial charge is 0.280 e. The lowest BCUT2D eigenvalue weighted by molar-refractivity contribution is 0.391. The average molecular weight is 461 g/mol. The fourth-order valence-corrected chi connectivity index (χ4v) is 5.96. The van der Waals surface area contributed by atoms with E-state index in [1.54, 1.807) is 24.3 Å². The Hall–Kier alpha value is -2.75. The van der Waals surface area contributed by atoms with Crippen LogP contribution >= 0.6 is 0 Å². The molecule has 0 radical (unpaired) electrons. The van der Waals surface area contributed by atoms with Gasteiger partial charge < -0.3 is 0 Å². The maximum Gasteiger partial charge on any atom is 0.261 e. The summed E-state index contributed by atoms with van der Waals surface area (Å²) < 4.78 is 68.2. The first-order chi connectivity index (χ1) is 14.6. The summed E-state index contributed by atoms with van der Waals surface area (Å²) in [5.41, 5.74) is 3.00. The van der Waals surface area contributed by atoms with Crippen LogP contribution in [-0.2, 0) is 33.0 Å². The third kappa shape index (κ3) is 4.48. The fourth-order valence-electron chi connectivity index (χ4n) is 3.49. The van der Waals surface area contributed by atoms with Gasteiger partial charge in [0, 0.05) is 18.8 Å². The molecule has 0 bridgehead atoms. The average Bonchev–Trinajstić information content (AvgIpc) is 2.73. The lowest BCUT2D eigenvalue weighted by Crippen LogP contribution is -2.36. The van der Waals surface area contributed by atoms with Gasteiger partial charge in [0.2, 0.25) is 10.0 Å². The molecule has 6 nitrogen and oxygen atoms in total. The lowest BCUT2D eigenvalue weighted by atomic mass is 10.0. The van der Waals surface area contributed by atoms with Crippen LogP contribution in [0, 0.1) is 12.7 Å². The summed E-state index contributed by atoms with van der Waals surface area (Å²) >= 11 is 0. The summed E-state index contributed by atoms with van der Waals surface area (Å²) in [6.45, 7) is 2.27. The first-order valence-corrected chi connectivity index (χ1v) is 12.5. The Labute approximate surface area is 181 Å². The Morgan fingerprint density at radius 1 is 0.839 bits per heavy atom. The van der Waals surface area contributed by atoms with Crippen LogP contribution in [0.15, 0.2) is 76.5 Å². The van der Waals surface area contributed by atoms with Crippen molar-refractivity contribution in [1.29, 1.82) is 0 Å². The van der Waals surface area contributed by atoms with Crippen molar-refractivity contribution < 1.29 is 21.2 Å². The molecule has 0 saturated heterocycles. The second-order valence-corrected chi connectivity index (χ2v) is 11.1. The van der Waals surface area contributed by atoms with Gasteiger partial charge >= 0.3 is 0 Å². The van der Waals surface area contributed by atoms with Crippen LogP contribution in [0.2, 0.25) is 0 Å². The van der Waals surface area contributed by atoms with Crippen molar-refractivity contribution in [1.82, 2.24) is 4.31 Å². The lowest BCUT2D eigenvalue weighted by Gasteiger charge is -2.28. The first kappa shape index (κ1) is 21.5. The quantitative estimate of drug-likeness (QED) is 0.630. The molecule has 3 aromatic carbocycles. The fraction of sp³-hybridized carbons (Fsp3) is 0.182. The highest BCUT2D eigenvalue weighted by Crippen LogP contribution is 2.28. The first-order valence-electron chi connectivity index (χ1n) is 9.62. The Morgan fingerprint density at radius 2 is 1.48 bits per heavy atom. The minimum absolute atomic E-state index is 0.0218. The standard InChI is InChI=1S/C22H21FN2O4S2/c1-16-2-8-21(9-3-16)30(26,27)24-20-7-4-17-12-13-25(15-18(17)14-20)31(28,29)22-10-5-19(23)6-11-22/h2-11,14,24H,12-13,15H2,1H3. The van der Waals surface area contributed by atoms with Gasteiger partial charge in [0.05, 0.1) is 9.79 Å². The van der Waals surface area contributed by atoms with Gasteiger partial charge in [-0.25, -0.2) is 21.2 Å². The van der Waals surface area contributed by atoms with Crippen LogP contribution in [0.3, 0.4) is 0 Å². The second-order valence-electron chi connectivity index (χ2n) is 7.44. The highest BCUT2D eigenvalue weighted by Gasteiger charge is 2.28. The van der Waals surface area contributed by atoms with Gasteiger partial charge in [-0.1, -0.05) is 23.8 Å². The smallest absolute Gasteiger partial charge is 0.261 e. The van der Waals surface area contributed by atoms with E-state index < -0.39 is 25.9 Å². The molecule has 0 aliphatic carbocycles. The maximum absolute atomic E-state index is 13.2. The second kappa shape index (κ2) is 8.07. The molecule has 1 heterocycles.